The number of likely N-dealkylation sites (tertiary alicyclic amines) is 1. The number of hydrogen-bond acceptors (Lipinski definition) is 5. The lowest BCUT2D eigenvalue weighted by Gasteiger charge is -2.33. The van der Waals surface area contributed by atoms with Crippen molar-refractivity contribution < 1.29 is 14.3 Å². The summed E-state index contributed by atoms with van der Waals surface area (Å²) in [5.74, 6) is 0.241. The molecular formula is C15H18N4O3. The standard InChI is InChI=1S/C15H18N4O3/c1-10-16-17-13-9-11(6-8-18(10)13)14(20)19-7-4-3-5-12(19)15(21)22-2/h6,8-9,12H,3-5,7H2,1-2H3. The largest absolute Gasteiger partial charge is 0.467 e. The Hall–Kier alpha value is -2.44. The molecule has 0 N–H and O–H groups in total. The van der Waals surface area contributed by atoms with E-state index in [2.05, 4.69) is 10.2 Å². The Labute approximate surface area is 127 Å². The van der Waals surface area contributed by atoms with Gasteiger partial charge in [0.15, 0.2) is 5.65 Å². The van der Waals surface area contributed by atoms with Gasteiger partial charge in [-0.1, -0.05) is 0 Å². The minimum Gasteiger partial charge on any atom is -0.467 e. The number of carbonyl (C=O) groups is 2. The number of ether oxygens (including phenoxy) is 1. The lowest BCUT2D eigenvalue weighted by atomic mass is 10.0. The maximum absolute atomic E-state index is 12.7. The van der Waals surface area contributed by atoms with Gasteiger partial charge in [-0.2, -0.15) is 0 Å². The monoisotopic (exact) mass is 302 g/mol. The van der Waals surface area contributed by atoms with E-state index in [1.807, 2.05) is 11.3 Å². The molecule has 1 saturated heterocycles. The Morgan fingerprint density at radius 2 is 2.14 bits per heavy atom. The zero-order valence-electron chi connectivity index (χ0n) is 12.7. The third-order valence-corrected chi connectivity index (χ3v) is 4.06. The van der Waals surface area contributed by atoms with Crippen molar-refractivity contribution in [3.63, 3.8) is 0 Å². The summed E-state index contributed by atoms with van der Waals surface area (Å²) in [5.41, 5.74) is 1.13. The summed E-state index contributed by atoms with van der Waals surface area (Å²) in [4.78, 5) is 26.2. The van der Waals surface area contributed by atoms with Crippen molar-refractivity contribution in [3.05, 3.63) is 29.7 Å². The smallest absolute Gasteiger partial charge is 0.328 e. The van der Waals surface area contributed by atoms with Crippen molar-refractivity contribution in [2.24, 2.45) is 0 Å². The van der Waals surface area contributed by atoms with Crippen LogP contribution in [0.4, 0.5) is 0 Å². The molecular weight excluding hydrogens is 284 g/mol. The van der Waals surface area contributed by atoms with E-state index in [0.717, 1.165) is 18.7 Å². The Kier molecular flexibility index (Phi) is 3.79. The number of fused-ring (bicyclic) bond motifs is 1. The first-order valence-electron chi connectivity index (χ1n) is 7.32. The molecule has 3 heterocycles. The number of methoxy groups -OCH3 is 1. The van der Waals surface area contributed by atoms with Crippen LogP contribution < -0.4 is 0 Å². The molecule has 1 amide bonds. The minimum absolute atomic E-state index is 0.168. The second kappa shape index (κ2) is 5.75. The highest BCUT2D eigenvalue weighted by atomic mass is 16.5. The molecule has 1 atom stereocenters. The van der Waals surface area contributed by atoms with Gasteiger partial charge in [-0.3, -0.25) is 9.20 Å². The predicted molar refractivity (Wildman–Crippen MR) is 78.4 cm³/mol. The van der Waals surface area contributed by atoms with Crippen LogP contribution in [0.15, 0.2) is 18.3 Å². The zero-order chi connectivity index (χ0) is 15.7. The maximum atomic E-state index is 12.7. The van der Waals surface area contributed by atoms with Crippen LogP contribution >= 0.6 is 0 Å². The molecule has 1 fully saturated rings. The first-order valence-corrected chi connectivity index (χ1v) is 7.32. The summed E-state index contributed by atoms with van der Waals surface area (Å²) in [6.07, 6.45) is 4.23. The highest BCUT2D eigenvalue weighted by Crippen LogP contribution is 2.21. The Bertz CT molecular complexity index is 725. The number of esters is 1. The first-order chi connectivity index (χ1) is 10.6. The highest BCUT2D eigenvalue weighted by molar-refractivity contribution is 5.97. The normalized spacial score (nSPS) is 18.5. The van der Waals surface area contributed by atoms with Gasteiger partial charge in [0.25, 0.3) is 5.91 Å². The fourth-order valence-electron chi connectivity index (χ4n) is 2.86. The molecule has 0 aliphatic carbocycles. The lowest BCUT2D eigenvalue weighted by molar-refractivity contribution is -0.147. The molecule has 0 saturated carbocycles. The lowest BCUT2D eigenvalue weighted by Crippen LogP contribution is -2.48. The third-order valence-electron chi connectivity index (χ3n) is 4.06. The van der Waals surface area contributed by atoms with Gasteiger partial charge in [0, 0.05) is 18.3 Å². The van der Waals surface area contributed by atoms with Crippen molar-refractivity contribution in [2.75, 3.05) is 13.7 Å². The second-order valence-corrected chi connectivity index (χ2v) is 5.42. The highest BCUT2D eigenvalue weighted by Gasteiger charge is 2.33. The first kappa shape index (κ1) is 14.5. The van der Waals surface area contributed by atoms with E-state index in [1.165, 1.54) is 7.11 Å². The van der Waals surface area contributed by atoms with Crippen LogP contribution in [0, 0.1) is 6.92 Å². The van der Waals surface area contributed by atoms with Gasteiger partial charge in [0.2, 0.25) is 0 Å². The topological polar surface area (TPSA) is 76.8 Å². The molecule has 7 nitrogen and oxygen atoms in total. The van der Waals surface area contributed by atoms with Gasteiger partial charge in [0.05, 0.1) is 7.11 Å². The Balaban J connectivity index is 1.91. The van der Waals surface area contributed by atoms with Crippen LogP contribution in [0.1, 0.15) is 35.4 Å². The Morgan fingerprint density at radius 1 is 1.32 bits per heavy atom. The van der Waals surface area contributed by atoms with Gasteiger partial charge in [-0.15, -0.1) is 10.2 Å². The average Bonchev–Trinajstić information content (AvgIpc) is 2.94. The van der Waals surface area contributed by atoms with E-state index in [-0.39, 0.29) is 11.9 Å². The Morgan fingerprint density at radius 3 is 2.91 bits per heavy atom. The number of piperidine rings is 1. The van der Waals surface area contributed by atoms with Gasteiger partial charge < -0.3 is 9.64 Å². The molecule has 1 unspecified atom stereocenters. The van der Waals surface area contributed by atoms with Crippen LogP contribution in [0.3, 0.4) is 0 Å². The number of aromatic nitrogens is 3. The number of pyridine rings is 1. The molecule has 1 aliphatic rings. The number of amides is 1. The zero-order valence-corrected chi connectivity index (χ0v) is 12.7. The molecule has 2 aromatic rings. The number of hydrogen-bond donors (Lipinski definition) is 0. The van der Waals surface area contributed by atoms with Gasteiger partial charge in [-0.05, 0) is 38.3 Å². The summed E-state index contributed by atoms with van der Waals surface area (Å²) in [6, 6.07) is 2.93. The van der Waals surface area contributed by atoms with E-state index in [1.54, 1.807) is 23.2 Å². The number of carbonyl (C=O) groups excluding carboxylic acids is 2. The number of rotatable bonds is 2. The van der Waals surface area contributed by atoms with Crippen molar-refractivity contribution >= 4 is 17.5 Å². The van der Waals surface area contributed by atoms with Crippen molar-refractivity contribution in [1.82, 2.24) is 19.5 Å². The number of aryl methyl sites for hydroxylation is 1. The van der Waals surface area contributed by atoms with Gasteiger partial charge >= 0.3 is 5.97 Å². The van der Waals surface area contributed by atoms with Crippen molar-refractivity contribution in [3.8, 4) is 0 Å². The summed E-state index contributed by atoms with van der Waals surface area (Å²) >= 11 is 0. The van der Waals surface area contributed by atoms with Gasteiger partial charge in [0.1, 0.15) is 11.9 Å². The molecule has 3 rings (SSSR count). The van der Waals surface area contributed by atoms with E-state index in [0.29, 0.717) is 24.2 Å². The van der Waals surface area contributed by atoms with E-state index < -0.39 is 6.04 Å². The predicted octanol–water partition coefficient (Wildman–Crippen LogP) is 1.21. The summed E-state index contributed by atoms with van der Waals surface area (Å²) in [6.45, 7) is 2.41. The molecule has 7 heteroatoms. The van der Waals surface area contributed by atoms with Crippen LogP contribution in [0.25, 0.3) is 5.65 Å². The van der Waals surface area contributed by atoms with Crippen LogP contribution in [0.5, 0.6) is 0 Å². The average molecular weight is 302 g/mol. The third kappa shape index (κ3) is 2.43. The van der Waals surface area contributed by atoms with Crippen LogP contribution in [-0.2, 0) is 9.53 Å². The van der Waals surface area contributed by atoms with E-state index in [9.17, 15) is 9.59 Å². The quantitative estimate of drug-likeness (QED) is 0.779. The fraction of sp³-hybridized carbons (Fsp3) is 0.467. The molecule has 1 aliphatic heterocycles. The van der Waals surface area contributed by atoms with Crippen LogP contribution in [0.2, 0.25) is 0 Å². The number of nitrogens with zero attached hydrogens (tertiary/aromatic N) is 4. The SMILES string of the molecule is COC(=O)C1CCCCN1C(=O)c1ccn2c(C)nnc2c1. The molecule has 2 aromatic heterocycles. The molecule has 116 valence electrons. The molecule has 0 radical (unpaired) electrons. The van der Waals surface area contributed by atoms with Crippen molar-refractivity contribution in [2.45, 2.75) is 32.2 Å². The van der Waals surface area contributed by atoms with Gasteiger partial charge in [-0.25, -0.2) is 4.79 Å². The van der Waals surface area contributed by atoms with Crippen molar-refractivity contribution in [1.29, 1.82) is 0 Å². The fourth-order valence-corrected chi connectivity index (χ4v) is 2.86. The molecule has 22 heavy (non-hydrogen) atoms. The summed E-state index contributed by atoms with van der Waals surface area (Å²) in [5, 5.41) is 8.01. The van der Waals surface area contributed by atoms with E-state index >= 15 is 0 Å². The maximum Gasteiger partial charge on any atom is 0.328 e. The minimum atomic E-state index is -0.498. The molecule has 0 bridgehead atoms. The van der Waals surface area contributed by atoms with E-state index in [4.69, 9.17) is 4.74 Å². The second-order valence-electron chi connectivity index (χ2n) is 5.42. The summed E-state index contributed by atoms with van der Waals surface area (Å²) in [7, 11) is 1.35. The molecule has 0 aromatic carbocycles. The van der Waals surface area contributed by atoms with Crippen LogP contribution in [-0.4, -0.2) is 51.1 Å². The summed E-state index contributed by atoms with van der Waals surface area (Å²) < 4.78 is 6.63. The molecule has 0 spiro atoms.